The molecule has 6 nitrogen and oxygen atoms in total. The SMILES string of the molecule is Cc1cc([N+](=O)[O-])c(C)cc1N1CC(O)CC1=O. The molecule has 0 aliphatic carbocycles. The van der Waals surface area contributed by atoms with Gasteiger partial charge in [0.1, 0.15) is 0 Å². The van der Waals surface area contributed by atoms with Gasteiger partial charge in [0.15, 0.2) is 0 Å². The van der Waals surface area contributed by atoms with E-state index in [9.17, 15) is 20.0 Å². The number of benzene rings is 1. The molecule has 96 valence electrons. The maximum atomic E-state index is 11.7. The number of β-amino-alcohol motifs (C(OH)–C–C–N with tert-alkyl or cyclic N) is 1. The minimum Gasteiger partial charge on any atom is -0.391 e. The van der Waals surface area contributed by atoms with Crippen molar-refractivity contribution in [3.63, 3.8) is 0 Å². The van der Waals surface area contributed by atoms with E-state index in [1.54, 1.807) is 19.9 Å². The Bertz CT molecular complexity index is 527. The van der Waals surface area contributed by atoms with Gasteiger partial charge in [-0.25, -0.2) is 0 Å². The number of nitro groups is 1. The summed E-state index contributed by atoms with van der Waals surface area (Å²) in [7, 11) is 0. The molecule has 1 aromatic rings. The molecule has 0 bridgehead atoms. The Morgan fingerprint density at radius 3 is 2.56 bits per heavy atom. The predicted octanol–water partition coefficient (Wildman–Crippen LogP) is 1.31. The van der Waals surface area contributed by atoms with Crippen LogP contribution in [0.25, 0.3) is 0 Å². The van der Waals surface area contributed by atoms with E-state index in [2.05, 4.69) is 0 Å². The van der Waals surface area contributed by atoms with Gasteiger partial charge in [-0.15, -0.1) is 0 Å². The Hall–Kier alpha value is -1.95. The summed E-state index contributed by atoms with van der Waals surface area (Å²) in [4.78, 5) is 23.6. The molecule has 6 heteroatoms. The van der Waals surface area contributed by atoms with Gasteiger partial charge in [-0.3, -0.25) is 14.9 Å². The third-order valence-corrected chi connectivity index (χ3v) is 3.11. The van der Waals surface area contributed by atoms with E-state index in [-0.39, 0.29) is 24.6 Å². The molecule has 0 aromatic heterocycles. The van der Waals surface area contributed by atoms with Crippen LogP contribution in [0.4, 0.5) is 11.4 Å². The molecule has 1 unspecified atom stereocenters. The Morgan fingerprint density at radius 1 is 1.39 bits per heavy atom. The van der Waals surface area contributed by atoms with E-state index < -0.39 is 11.0 Å². The third-order valence-electron chi connectivity index (χ3n) is 3.11. The second-order valence-corrected chi connectivity index (χ2v) is 4.54. The second-order valence-electron chi connectivity index (χ2n) is 4.54. The molecule has 0 spiro atoms. The van der Waals surface area contributed by atoms with Gasteiger partial charge in [0, 0.05) is 17.3 Å². The highest BCUT2D eigenvalue weighted by atomic mass is 16.6. The zero-order valence-electron chi connectivity index (χ0n) is 10.2. The van der Waals surface area contributed by atoms with Crippen molar-refractivity contribution >= 4 is 17.3 Å². The van der Waals surface area contributed by atoms with Crippen molar-refractivity contribution < 1.29 is 14.8 Å². The first-order valence-electron chi connectivity index (χ1n) is 5.64. The monoisotopic (exact) mass is 250 g/mol. The standard InChI is InChI=1S/C12H14N2O4/c1-7-4-11(14(17)18)8(2)3-10(7)13-6-9(15)5-12(13)16/h3-4,9,15H,5-6H2,1-2H3. The van der Waals surface area contributed by atoms with Crippen molar-refractivity contribution in [2.24, 2.45) is 0 Å². The topological polar surface area (TPSA) is 83.7 Å². The van der Waals surface area contributed by atoms with Crippen LogP contribution in [0.15, 0.2) is 12.1 Å². The quantitative estimate of drug-likeness (QED) is 0.633. The van der Waals surface area contributed by atoms with Gasteiger partial charge in [-0.05, 0) is 25.5 Å². The van der Waals surface area contributed by atoms with E-state index in [0.29, 0.717) is 16.8 Å². The number of aryl methyl sites for hydroxylation is 2. The number of aliphatic hydroxyl groups excluding tert-OH is 1. The van der Waals surface area contributed by atoms with E-state index >= 15 is 0 Å². The molecular formula is C12H14N2O4. The average molecular weight is 250 g/mol. The molecule has 1 amide bonds. The number of anilines is 1. The summed E-state index contributed by atoms with van der Waals surface area (Å²) in [6.07, 6.45) is -0.553. The lowest BCUT2D eigenvalue weighted by Gasteiger charge is -2.19. The first kappa shape index (κ1) is 12.5. The molecule has 1 N–H and O–H groups in total. The van der Waals surface area contributed by atoms with Crippen LogP contribution in [0.3, 0.4) is 0 Å². The Labute approximate surface area is 104 Å². The van der Waals surface area contributed by atoms with E-state index in [0.717, 1.165) is 0 Å². The first-order chi connectivity index (χ1) is 8.40. The largest absolute Gasteiger partial charge is 0.391 e. The number of hydrogen-bond donors (Lipinski definition) is 1. The normalized spacial score (nSPS) is 19.4. The number of rotatable bonds is 2. The number of carbonyl (C=O) groups excluding carboxylic acids is 1. The van der Waals surface area contributed by atoms with Crippen molar-refractivity contribution in [1.29, 1.82) is 0 Å². The number of nitro benzene ring substituents is 1. The lowest BCUT2D eigenvalue weighted by atomic mass is 10.1. The van der Waals surface area contributed by atoms with Crippen LogP contribution in [0.5, 0.6) is 0 Å². The summed E-state index contributed by atoms with van der Waals surface area (Å²) in [6, 6.07) is 3.09. The van der Waals surface area contributed by atoms with Crippen LogP contribution in [-0.2, 0) is 4.79 Å². The molecule has 18 heavy (non-hydrogen) atoms. The number of aliphatic hydroxyl groups is 1. The zero-order chi connectivity index (χ0) is 13.4. The van der Waals surface area contributed by atoms with Crippen molar-refractivity contribution in [2.75, 3.05) is 11.4 Å². The maximum Gasteiger partial charge on any atom is 0.272 e. The molecule has 0 saturated carbocycles. The molecule has 1 aliphatic rings. The van der Waals surface area contributed by atoms with Crippen molar-refractivity contribution in [1.82, 2.24) is 0 Å². The van der Waals surface area contributed by atoms with Gasteiger partial charge in [0.25, 0.3) is 5.69 Å². The van der Waals surface area contributed by atoms with Crippen LogP contribution < -0.4 is 4.90 Å². The fourth-order valence-corrected chi connectivity index (χ4v) is 2.19. The molecule has 1 aromatic carbocycles. The van der Waals surface area contributed by atoms with Crippen LogP contribution in [0, 0.1) is 24.0 Å². The van der Waals surface area contributed by atoms with Gasteiger partial charge in [-0.1, -0.05) is 0 Å². The lowest BCUT2D eigenvalue weighted by Crippen LogP contribution is -2.26. The average Bonchev–Trinajstić information content (AvgIpc) is 2.60. The number of nitrogens with zero attached hydrogens (tertiary/aromatic N) is 2. The molecular weight excluding hydrogens is 236 g/mol. The van der Waals surface area contributed by atoms with Crippen molar-refractivity contribution in [3.8, 4) is 0 Å². The van der Waals surface area contributed by atoms with Gasteiger partial charge in [0.2, 0.25) is 5.91 Å². The van der Waals surface area contributed by atoms with Gasteiger partial charge in [0.05, 0.1) is 24.0 Å². The van der Waals surface area contributed by atoms with E-state index in [4.69, 9.17) is 0 Å². The fraction of sp³-hybridized carbons (Fsp3) is 0.417. The third kappa shape index (κ3) is 2.06. The zero-order valence-corrected chi connectivity index (χ0v) is 10.2. The van der Waals surface area contributed by atoms with Gasteiger partial charge >= 0.3 is 0 Å². The highest BCUT2D eigenvalue weighted by Gasteiger charge is 2.30. The summed E-state index contributed by atoms with van der Waals surface area (Å²) in [5.74, 6) is -0.154. The molecule has 2 rings (SSSR count). The second kappa shape index (κ2) is 4.38. The minimum atomic E-state index is -0.660. The summed E-state index contributed by atoms with van der Waals surface area (Å²) >= 11 is 0. The lowest BCUT2D eigenvalue weighted by molar-refractivity contribution is -0.385. The maximum absolute atomic E-state index is 11.7. The first-order valence-corrected chi connectivity index (χ1v) is 5.64. The van der Waals surface area contributed by atoms with Crippen molar-refractivity contribution in [3.05, 3.63) is 33.4 Å². The number of carbonyl (C=O) groups is 1. The minimum absolute atomic E-state index is 0.0449. The molecule has 1 fully saturated rings. The Morgan fingerprint density at radius 2 is 2.06 bits per heavy atom. The van der Waals surface area contributed by atoms with Crippen molar-refractivity contribution in [2.45, 2.75) is 26.4 Å². The van der Waals surface area contributed by atoms with Gasteiger partial charge < -0.3 is 10.0 Å². The Balaban J connectivity index is 2.44. The van der Waals surface area contributed by atoms with E-state index in [1.165, 1.54) is 11.0 Å². The predicted molar refractivity (Wildman–Crippen MR) is 65.5 cm³/mol. The Kier molecular flexibility index (Phi) is 3.04. The summed E-state index contributed by atoms with van der Waals surface area (Å²) < 4.78 is 0. The summed E-state index contributed by atoms with van der Waals surface area (Å²) in [6.45, 7) is 3.61. The molecule has 1 atom stereocenters. The van der Waals surface area contributed by atoms with Crippen LogP contribution >= 0.6 is 0 Å². The highest BCUT2D eigenvalue weighted by molar-refractivity contribution is 5.97. The van der Waals surface area contributed by atoms with Crippen LogP contribution in [-0.4, -0.2) is 28.6 Å². The summed E-state index contributed by atoms with van der Waals surface area (Å²) in [5, 5.41) is 20.3. The van der Waals surface area contributed by atoms with Crippen LogP contribution in [0.2, 0.25) is 0 Å². The van der Waals surface area contributed by atoms with E-state index in [1.807, 2.05) is 0 Å². The van der Waals surface area contributed by atoms with Crippen LogP contribution in [0.1, 0.15) is 17.5 Å². The smallest absolute Gasteiger partial charge is 0.272 e. The van der Waals surface area contributed by atoms with Gasteiger partial charge in [-0.2, -0.15) is 0 Å². The number of hydrogen-bond acceptors (Lipinski definition) is 4. The summed E-state index contributed by atoms with van der Waals surface area (Å²) in [5.41, 5.74) is 1.85. The molecule has 1 aliphatic heterocycles. The fourth-order valence-electron chi connectivity index (χ4n) is 2.19. The highest BCUT2D eigenvalue weighted by Crippen LogP contribution is 2.31. The molecule has 0 radical (unpaired) electrons. The number of amides is 1. The molecule has 1 saturated heterocycles. The molecule has 1 heterocycles.